The van der Waals surface area contributed by atoms with Crippen LogP contribution in [-0.4, -0.2) is 48.9 Å². The lowest BCUT2D eigenvalue weighted by Crippen LogP contribution is -2.46. The monoisotopic (exact) mass is 225 g/mol. The van der Waals surface area contributed by atoms with Gasteiger partial charge in [0.25, 0.3) is 0 Å². The largest absolute Gasteiger partial charge is 0.337 e. The van der Waals surface area contributed by atoms with E-state index in [4.69, 9.17) is 5.26 Å². The number of carbonyl (C=O) groups is 1. The Morgan fingerprint density at radius 2 is 1.69 bits per heavy atom. The summed E-state index contributed by atoms with van der Waals surface area (Å²) >= 11 is 0. The summed E-state index contributed by atoms with van der Waals surface area (Å²) in [6.07, 6.45) is 1.38. The van der Waals surface area contributed by atoms with E-state index in [-0.39, 0.29) is 5.91 Å². The molecule has 0 atom stereocenters. The van der Waals surface area contributed by atoms with Crippen molar-refractivity contribution in [3.05, 3.63) is 12.7 Å². The predicted octanol–water partition coefficient (Wildman–Crippen LogP) is 1.50. The summed E-state index contributed by atoms with van der Waals surface area (Å²) in [5.41, 5.74) is 0. The minimum absolute atomic E-state index is 0.0538. The maximum atomic E-state index is 11.1. The molecule has 0 spiro atoms. The molecule has 1 aliphatic heterocycles. The summed E-state index contributed by atoms with van der Waals surface area (Å²) < 4.78 is 0. The van der Waals surface area contributed by atoms with E-state index in [9.17, 15) is 4.79 Å². The van der Waals surface area contributed by atoms with Crippen LogP contribution in [0.15, 0.2) is 12.7 Å². The Balaban J connectivity index is 0. The highest BCUT2D eigenvalue weighted by Gasteiger charge is 2.15. The Morgan fingerprint density at radius 3 is 2.00 bits per heavy atom. The molecular weight excluding hydrogens is 202 g/mol. The van der Waals surface area contributed by atoms with Gasteiger partial charge in [-0.25, -0.2) is 0 Å². The quantitative estimate of drug-likeness (QED) is 0.635. The number of carbonyl (C=O) groups excluding carboxylic acids is 1. The second-order valence-electron chi connectivity index (χ2n) is 3.06. The summed E-state index contributed by atoms with van der Waals surface area (Å²) in [6, 6.07) is 1.75. The van der Waals surface area contributed by atoms with Crippen molar-refractivity contribution in [3.8, 4) is 6.07 Å². The summed E-state index contributed by atoms with van der Waals surface area (Å²) in [5.74, 6) is 0.0538. The Kier molecular flexibility index (Phi) is 12.5. The molecule has 0 aliphatic carbocycles. The van der Waals surface area contributed by atoms with E-state index in [2.05, 4.69) is 18.5 Å². The second-order valence-corrected chi connectivity index (χ2v) is 3.06. The lowest BCUT2D eigenvalue weighted by molar-refractivity contribution is -0.127. The van der Waals surface area contributed by atoms with E-state index in [0.717, 1.165) is 26.2 Å². The average Bonchev–Trinajstić information content (AvgIpc) is 2.33. The topological polar surface area (TPSA) is 47.3 Å². The van der Waals surface area contributed by atoms with E-state index in [1.54, 1.807) is 6.07 Å². The first-order valence-corrected chi connectivity index (χ1v) is 5.56. The molecule has 1 fully saturated rings. The van der Waals surface area contributed by atoms with Crippen LogP contribution < -0.4 is 0 Å². The lowest BCUT2D eigenvalue weighted by atomic mass is 10.3. The number of hydrogen-bond donors (Lipinski definition) is 0. The Bertz CT molecular complexity index is 225. The molecule has 1 saturated heterocycles. The first-order valence-electron chi connectivity index (χ1n) is 5.56. The van der Waals surface area contributed by atoms with Crippen LogP contribution in [-0.2, 0) is 4.79 Å². The van der Waals surface area contributed by atoms with Crippen molar-refractivity contribution in [1.82, 2.24) is 9.80 Å². The molecule has 1 rings (SSSR count). The summed E-state index contributed by atoms with van der Waals surface area (Å²) in [4.78, 5) is 15.1. The number of amides is 1. The number of hydrogen-bond acceptors (Lipinski definition) is 3. The number of likely N-dealkylation sites (N-methyl/N-ethyl adjacent to an activating group) is 1. The molecule has 4 nitrogen and oxygen atoms in total. The number of nitrogens with zero attached hydrogens (tertiary/aromatic N) is 3. The van der Waals surface area contributed by atoms with Crippen molar-refractivity contribution < 1.29 is 4.79 Å². The van der Waals surface area contributed by atoms with Gasteiger partial charge in [-0.05, 0) is 13.1 Å². The van der Waals surface area contributed by atoms with Crippen LogP contribution in [0.5, 0.6) is 0 Å². The van der Waals surface area contributed by atoms with Crippen molar-refractivity contribution in [1.29, 1.82) is 5.26 Å². The molecule has 0 unspecified atom stereocenters. The number of piperazine rings is 1. The number of nitriles is 1. The van der Waals surface area contributed by atoms with Crippen molar-refractivity contribution >= 4 is 5.91 Å². The summed E-state index contributed by atoms with van der Waals surface area (Å²) in [5, 5.41) is 7.32. The molecule has 4 heteroatoms. The molecule has 16 heavy (non-hydrogen) atoms. The molecule has 0 aromatic heterocycles. The van der Waals surface area contributed by atoms with Crippen LogP contribution in [0.25, 0.3) is 0 Å². The highest BCUT2D eigenvalue weighted by molar-refractivity contribution is 5.87. The fraction of sp³-hybridized carbons (Fsp3) is 0.667. The SMILES string of the molecule is C=CC(=O)N1CCN(C)CC1.CC.CC#N. The van der Waals surface area contributed by atoms with Crippen molar-refractivity contribution in [2.45, 2.75) is 20.8 Å². The third-order valence-corrected chi connectivity index (χ3v) is 1.99. The first-order chi connectivity index (χ1) is 7.65. The Morgan fingerprint density at radius 1 is 1.31 bits per heavy atom. The fourth-order valence-electron chi connectivity index (χ4n) is 1.16. The Hall–Kier alpha value is -1.34. The average molecular weight is 225 g/mol. The molecule has 1 aliphatic rings. The smallest absolute Gasteiger partial charge is 0.246 e. The van der Waals surface area contributed by atoms with E-state index < -0.39 is 0 Å². The minimum atomic E-state index is 0.0538. The van der Waals surface area contributed by atoms with Crippen molar-refractivity contribution in [2.24, 2.45) is 0 Å². The fourth-order valence-corrected chi connectivity index (χ4v) is 1.16. The molecule has 0 saturated carbocycles. The van der Waals surface area contributed by atoms with Gasteiger partial charge in [0, 0.05) is 33.1 Å². The van der Waals surface area contributed by atoms with Crippen LogP contribution in [0.1, 0.15) is 20.8 Å². The zero-order chi connectivity index (χ0) is 13.0. The van der Waals surface area contributed by atoms with Crippen LogP contribution in [0.2, 0.25) is 0 Å². The van der Waals surface area contributed by atoms with Gasteiger partial charge in [-0.2, -0.15) is 5.26 Å². The van der Waals surface area contributed by atoms with Crippen molar-refractivity contribution in [2.75, 3.05) is 33.2 Å². The standard InChI is InChI=1S/C8H14N2O.C2H3N.C2H6/c1-3-8(11)10-6-4-9(2)5-7-10;1-2-3;1-2/h3H,1,4-7H2,2H3;1H3;1-2H3. The first kappa shape index (κ1) is 17.1. The number of rotatable bonds is 1. The van der Waals surface area contributed by atoms with Gasteiger partial charge < -0.3 is 9.80 Å². The molecule has 0 aromatic carbocycles. The molecule has 0 bridgehead atoms. The van der Waals surface area contributed by atoms with E-state index in [1.807, 2.05) is 18.7 Å². The van der Waals surface area contributed by atoms with Gasteiger partial charge in [-0.15, -0.1) is 0 Å². The highest BCUT2D eigenvalue weighted by Crippen LogP contribution is 1.99. The lowest BCUT2D eigenvalue weighted by Gasteiger charge is -2.31. The minimum Gasteiger partial charge on any atom is -0.337 e. The van der Waals surface area contributed by atoms with Gasteiger partial charge in [-0.1, -0.05) is 20.4 Å². The Labute approximate surface area is 99.1 Å². The molecular formula is C12H23N3O. The van der Waals surface area contributed by atoms with Crippen LogP contribution in [0.3, 0.4) is 0 Å². The second kappa shape index (κ2) is 11.7. The summed E-state index contributed by atoms with van der Waals surface area (Å²) in [6.45, 7) is 12.5. The van der Waals surface area contributed by atoms with Crippen molar-refractivity contribution in [3.63, 3.8) is 0 Å². The molecule has 0 radical (unpaired) electrons. The third kappa shape index (κ3) is 8.01. The zero-order valence-corrected chi connectivity index (χ0v) is 10.9. The normalized spacial score (nSPS) is 14.6. The van der Waals surface area contributed by atoms with E-state index >= 15 is 0 Å². The molecule has 0 N–H and O–H groups in total. The molecule has 1 amide bonds. The van der Waals surface area contributed by atoms with Gasteiger partial charge in [0.1, 0.15) is 0 Å². The third-order valence-electron chi connectivity index (χ3n) is 1.99. The summed E-state index contributed by atoms with van der Waals surface area (Å²) in [7, 11) is 2.07. The van der Waals surface area contributed by atoms with Gasteiger partial charge >= 0.3 is 0 Å². The molecule has 0 aromatic rings. The van der Waals surface area contributed by atoms with Gasteiger partial charge in [0.05, 0.1) is 6.07 Å². The maximum Gasteiger partial charge on any atom is 0.246 e. The van der Waals surface area contributed by atoms with E-state index in [1.165, 1.54) is 13.0 Å². The molecule has 1 heterocycles. The maximum absolute atomic E-state index is 11.1. The van der Waals surface area contributed by atoms with Gasteiger partial charge in [-0.3, -0.25) is 4.79 Å². The van der Waals surface area contributed by atoms with Gasteiger partial charge in [0.15, 0.2) is 0 Å². The van der Waals surface area contributed by atoms with Crippen LogP contribution in [0, 0.1) is 11.3 Å². The van der Waals surface area contributed by atoms with E-state index in [0.29, 0.717) is 0 Å². The van der Waals surface area contributed by atoms with Crippen LogP contribution >= 0.6 is 0 Å². The molecule has 92 valence electrons. The zero-order valence-electron chi connectivity index (χ0n) is 10.9. The van der Waals surface area contributed by atoms with Gasteiger partial charge in [0.2, 0.25) is 5.91 Å². The van der Waals surface area contributed by atoms with Crippen LogP contribution in [0.4, 0.5) is 0 Å². The highest BCUT2D eigenvalue weighted by atomic mass is 16.2. The predicted molar refractivity (Wildman–Crippen MR) is 66.9 cm³/mol.